The third-order valence-electron chi connectivity index (χ3n) is 3.35. The zero-order chi connectivity index (χ0) is 13.1. The van der Waals surface area contributed by atoms with Crippen LogP contribution in [-0.2, 0) is 13.6 Å². The zero-order valence-corrected chi connectivity index (χ0v) is 11.8. The summed E-state index contributed by atoms with van der Waals surface area (Å²) in [7, 11) is 1.97. The molecule has 0 aliphatic carbocycles. The smallest absolute Gasteiger partial charge is 0.115 e. The molecule has 0 saturated carbocycles. The summed E-state index contributed by atoms with van der Waals surface area (Å²) < 4.78 is 1.87. The molecule has 3 rings (SSSR count). The predicted octanol–water partition coefficient (Wildman–Crippen LogP) is 1.50. The SMILES string of the molecule is Cn1cc([C@@H]2CSCCN2Cc2cncnc2)cn1. The number of hydrogen-bond donors (Lipinski definition) is 0. The van der Waals surface area contributed by atoms with Gasteiger partial charge in [-0.2, -0.15) is 16.9 Å². The van der Waals surface area contributed by atoms with Crippen molar-refractivity contribution in [3.63, 3.8) is 0 Å². The van der Waals surface area contributed by atoms with Crippen LogP contribution in [0.1, 0.15) is 17.2 Å². The molecule has 100 valence electrons. The normalized spacial score (nSPS) is 20.6. The maximum absolute atomic E-state index is 4.29. The Morgan fingerprint density at radius 1 is 1.32 bits per heavy atom. The second-order valence-corrected chi connectivity index (χ2v) is 5.91. The standard InChI is InChI=1S/C13H17N5S/c1-17-8-12(6-16-17)13-9-19-3-2-18(13)7-11-4-14-10-15-5-11/h4-6,8,10,13H,2-3,7,9H2,1H3/t13-/m0/s1. The van der Waals surface area contributed by atoms with Gasteiger partial charge in [-0.25, -0.2) is 9.97 Å². The molecule has 0 unspecified atom stereocenters. The van der Waals surface area contributed by atoms with Crippen LogP contribution in [0.5, 0.6) is 0 Å². The highest BCUT2D eigenvalue weighted by Gasteiger charge is 2.25. The first-order chi connectivity index (χ1) is 9.33. The van der Waals surface area contributed by atoms with Crippen LogP contribution in [0.15, 0.2) is 31.1 Å². The first-order valence-electron chi connectivity index (χ1n) is 6.37. The number of aromatic nitrogens is 4. The topological polar surface area (TPSA) is 46.8 Å². The number of nitrogens with zero attached hydrogens (tertiary/aromatic N) is 5. The van der Waals surface area contributed by atoms with Gasteiger partial charge < -0.3 is 0 Å². The molecule has 1 atom stereocenters. The minimum atomic E-state index is 0.438. The Hall–Kier alpha value is -1.40. The lowest BCUT2D eigenvalue weighted by Crippen LogP contribution is -2.35. The summed E-state index contributed by atoms with van der Waals surface area (Å²) >= 11 is 2.01. The minimum Gasteiger partial charge on any atom is -0.290 e. The van der Waals surface area contributed by atoms with Crippen molar-refractivity contribution >= 4 is 11.8 Å². The van der Waals surface area contributed by atoms with E-state index < -0.39 is 0 Å². The third kappa shape index (κ3) is 2.96. The van der Waals surface area contributed by atoms with Gasteiger partial charge in [-0.1, -0.05) is 0 Å². The molecule has 0 aromatic carbocycles. The molecule has 1 aliphatic rings. The lowest BCUT2D eigenvalue weighted by atomic mass is 10.1. The highest BCUT2D eigenvalue weighted by atomic mass is 32.2. The molecule has 0 spiro atoms. The van der Waals surface area contributed by atoms with Crippen molar-refractivity contribution in [1.29, 1.82) is 0 Å². The zero-order valence-electron chi connectivity index (χ0n) is 10.9. The molecule has 2 aromatic rings. The van der Waals surface area contributed by atoms with Gasteiger partial charge >= 0.3 is 0 Å². The number of hydrogen-bond acceptors (Lipinski definition) is 5. The summed E-state index contributed by atoms with van der Waals surface area (Å²) in [5, 5.41) is 4.29. The van der Waals surface area contributed by atoms with Gasteiger partial charge in [0.05, 0.1) is 6.20 Å². The van der Waals surface area contributed by atoms with Gasteiger partial charge in [-0.05, 0) is 0 Å². The van der Waals surface area contributed by atoms with Crippen LogP contribution in [0, 0.1) is 0 Å². The van der Waals surface area contributed by atoms with Crippen molar-refractivity contribution in [3.05, 3.63) is 42.2 Å². The molecule has 1 fully saturated rings. The molecular weight excluding hydrogens is 258 g/mol. The molecule has 0 bridgehead atoms. The van der Waals surface area contributed by atoms with Crippen LogP contribution in [0.3, 0.4) is 0 Å². The molecule has 1 aliphatic heterocycles. The molecule has 0 amide bonds. The Labute approximate surface area is 117 Å². The van der Waals surface area contributed by atoms with Crippen LogP contribution in [0.4, 0.5) is 0 Å². The lowest BCUT2D eigenvalue weighted by Gasteiger charge is -2.34. The average molecular weight is 275 g/mol. The molecule has 1 saturated heterocycles. The second kappa shape index (κ2) is 5.71. The summed E-state index contributed by atoms with van der Waals surface area (Å²) in [6, 6.07) is 0.438. The van der Waals surface area contributed by atoms with Gasteiger partial charge in [0.2, 0.25) is 0 Å². The van der Waals surface area contributed by atoms with Gasteiger partial charge in [-0.15, -0.1) is 0 Å². The van der Waals surface area contributed by atoms with Crippen molar-refractivity contribution < 1.29 is 0 Å². The molecule has 0 radical (unpaired) electrons. The van der Waals surface area contributed by atoms with E-state index in [2.05, 4.69) is 26.2 Å². The van der Waals surface area contributed by atoms with Crippen molar-refractivity contribution in [2.45, 2.75) is 12.6 Å². The molecule has 19 heavy (non-hydrogen) atoms. The van der Waals surface area contributed by atoms with E-state index in [1.165, 1.54) is 16.9 Å². The van der Waals surface area contributed by atoms with E-state index in [9.17, 15) is 0 Å². The quantitative estimate of drug-likeness (QED) is 0.849. The van der Waals surface area contributed by atoms with Gasteiger partial charge in [0.25, 0.3) is 0 Å². The summed E-state index contributed by atoms with van der Waals surface area (Å²) in [4.78, 5) is 10.7. The van der Waals surface area contributed by atoms with E-state index in [1.807, 2.05) is 42.1 Å². The van der Waals surface area contributed by atoms with E-state index in [0.29, 0.717) is 6.04 Å². The number of rotatable bonds is 3. The summed E-state index contributed by atoms with van der Waals surface area (Å²) in [6.45, 7) is 2.00. The van der Waals surface area contributed by atoms with E-state index in [1.54, 1.807) is 6.33 Å². The number of aryl methyl sites for hydroxylation is 1. The molecule has 6 heteroatoms. The molecule has 0 N–H and O–H groups in total. The molecule has 2 aromatic heterocycles. The Balaban J connectivity index is 1.77. The van der Waals surface area contributed by atoms with Gasteiger partial charge in [-0.3, -0.25) is 9.58 Å². The van der Waals surface area contributed by atoms with Crippen molar-refractivity contribution in [1.82, 2.24) is 24.6 Å². The van der Waals surface area contributed by atoms with Gasteiger partial charge in [0, 0.05) is 67.4 Å². The fourth-order valence-electron chi connectivity index (χ4n) is 2.39. The Morgan fingerprint density at radius 3 is 2.89 bits per heavy atom. The van der Waals surface area contributed by atoms with E-state index >= 15 is 0 Å². The summed E-state index contributed by atoms with van der Waals surface area (Å²) in [5.41, 5.74) is 2.47. The summed E-state index contributed by atoms with van der Waals surface area (Å²) in [6.07, 6.45) is 9.47. The fraction of sp³-hybridized carbons (Fsp3) is 0.462. The largest absolute Gasteiger partial charge is 0.290 e. The highest BCUT2D eigenvalue weighted by molar-refractivity contribution is 7.99. The number of thioether (sulfide) groups is 1. The van der Waals surface area contributed by atoms with Crippen LogP contribution in [0.25, 0.3) is 0 Å². The monoisotopic (exact) mass is 275 g/mol. The second-order valence-electron chi connectivity index (χ2n) is 4.76. The van der Waals surface area contributed by atoms with Gasteiger partial charge in [0.1, 0.15) is 6.33 Å². The maximum Gasteiger partial charge on any atom is 0.115 e. The van der Waals surface area contributed by atoms with Crippen molar-refractivity contribution in [3.8, 4) is 0 Å². The summed E-state index contributed by atoms with van der Waals surface area (Å²) in [5.74, 6) is 2.31. The Bertz CT molecular complexity index is 527. The van der Waals surface area contributed by atoms with Crippen LogP contribution < -0.4 is 0 Å². The maximum atomic E-state index is 4.29. The van der Waals surface area contributed by atoms with Crippen LogP contribution in [-0.4, -0.2) is 42.7 Å². The third-order valence-corrected chi connectivity index (χ3v) is 4.37. The highest BCUT2D eigenvalue weighted by Crippen LogP contribution is 2.30. The molecule has 5 nitrogen and oxygen atoms in total. The van der Waals surface area contributed by atoms with Crippen LogP contribution in [0.2, 0.25) is 0 Å². The Kier molecular flexibility index (Phi) is 3.79. The van der Waals surface area contributed by atoms with Crippen molar-refractivity contribution in [2.24, 2.45) is 7.05 Å². The van der Waals surface area contributed by atoms with E-state index in [0.717, 1.165) is 18.8 Å². The van der Waals surface area contributed by atoms with E-state index in [4.69, 9.17) is 0 Å². The molecule has 3 heterocycles. The first kappa shape index (κ1) is 12.6. The fourth-order valence-corrected chi connectivity index (χ4v) is 3.55. The predicted molar refractivity (Wildman–Crippen MR) is 75.7 cm³/mol. The van der Waals surface area contributed by atoms with Crippen molar-refractivity contribution in [2.75, 3.05) is 18.1 Å². The van der Waals surface area contributed by atoms with Crippen LogP contribution >= 0.6 is 11.8 Å². The Morgan fingerprint density at radius 2 is 2.16 bits per heavy atom. The lowest BCUT2D eigenvalue weighted by molar-refractivity contribution is 0.211. The van der Waals surface area contributed by atoms with E-state index in [-0.39, 0.29) is 0 Å². The van der Waals surface area contributed by atoms with Gasteiger partial charge in [0.15, 0.2) is 0 Å². The average Bonchev–Trinajstić information content (AvgIpc) is 2.87. The molecular formula is C13H17N5S. The minimum absolute atomic E-state index is 0.438. The first-order valence-corrected chi connectivity index (χ1v) is 7.52.